The number of nitrogens with zero attached hydrogens (tertiary/aromatic N) is 1. The molecule has 26 heavy (non-hydrogen) atoms. The number of hydrogen-bond donors (Lipinski definition) is 1. The molecule has 3 nitrogen and oxygen atoms in total. The smallest absolute Gasteiger partial charge is 0.223 e. The van der Waals surface area contributed by atoms with E-state index in [1.54, 1.807) is 0 Å². The summed E-state index contributed by atoms with van der Waals surface area (Å²) in [7, 11) is 0. The standard InChI is InChI=1S/C21H24Cl2N2O/c22-19-7-6-17(14-20(19)23)15-25-12-9-18(10-13-25)21(26)24-11-8-16-4-2-1-3-5-16/h1-7,14,18H,8-13,15H2,(H,24,26). The summed E-state index contributed by atoms with van der Waals surface area (Å²) in [5.74, 6) is 0.311. The second-order valence-electron chi connectivity index (χ2n) is 6.83. The van der Waals surface area contributed by atoms with Crippen molar-refractivity contribution in [2.45, 2.75) is 25.8 Å². The van der Waals surface area contributed by atoms with Gasteiger partial charge in [0, 0.05) is 19.0 Å². The Labute approximate surface area is 165 Å². The number of amides is 1. The third-order valence-electron chi connectivity index (χ3n) is 4.90. The number of hydrogen-bond acceptors (Lipinski definition) is 2. The van der Waals surface area contributed by atoms with Crippen molar-refractivity contribution < 1.29 is 4.79 Å². The zero-order valence-electron chi connectivity index (χ0n) is 14.8. The van der Waals surface area contributed by atoms with Crippen molar-refractivity contribution in [3.63, 3.8) is 0 Å². The van der Waals surface area contributed by atoms with E-state index in [0.29, 0.717) is 16.6 Å². The predicted molar refractivity (Wildman–Crippen MR) is 108 cm³/mol. The van der Waals surface area contributed by atoms with Crippen molar-refractivity contribution in [1.82, 2.24) is 10.2 Å². The molecule has 0 radical (unpaired) electrons. The van der Waals surface area contributed by atoms with E-state index in [1.165, 1.54) is 5.56 Å². The van der Waals surface area contributed by atoms with E-state index in [-0.39, 0.29) is 11.8 Å². The molecule has 3 rings (SSSR count). The van der Waals surface area contributed by atoms with Crippen LogP contribution in [0.5, 0.6) is 0 Å². The van der Waals surface area contributed by atoms with E-state index < -0.39 is 0 Å². The fourth-order valence-electron chi connectivity index (χ4n) is 3.37. The first-order valence-corrected chi connectivity index (χ1v) is 9.85. The van der Waals surface area contributed by atoms with E-state index in [4.69, 9.17) is 23.2 Å². The monoisotopic (exact) mass is 390 g/mol. The van der Waals surface area contributed by atoms with E-state index in [1.807, 2.05) is 36.4 Å². The molecule has 1 amide bonds. The van der Waals surface area contributed by atoms with Gasteiger partial charge in [0.25, 0.3) is 0 Å². The summed E-state index contributed by atoms with van der Waals surface area (Å²) in [6, 6.07) is 16.0. The molecule has 2 aromatic carbocycles. The average Bonchev–Trinajstić information content (AvgIpc) is 2.66. The number of carbonyl (C=O) groups excluding carboxylic acids is 1. The summed E-state index contributed by atoms with van der Waals surface area (Å²) in [5, 5.41) is 4.27. The third kappa shape index (κ3) is 5.47. The molecule has 1 aliphatic heterocycles. The molecule has 1 fully saturated rings. The summed E-state index contributed by atoms with van der Waals surface area (Å²) in [6.45, 7) is 3.40. The fraction of sp³-hybridized carbons (Fsp3) is 0.381. The summed E-state index contributed by atoms with van der Waals surface area (Å²) < 4.78 is 0. The Balaban J connectivity index is 1.40. The highest BCUT2D eigenvalue weighted by molar-refractivity contribution is 6.42. The topological polar surface area (TPSA) is 32.3 Å². The molecule has 0 saturated carbocycles. The van der Waals surface area contributed by atoms with Crippen LogP contribution < -0.4 is 5.32 Å². The van der Waals surface area contributed by atoms with Gasteiger partial charge in [-0.25, -0.2) is 0 Å². The Morgan fingerprint density at radius 1 is 1.00 bits per heavy atom. The maximum absolute atomic E-state index is 12.4. The number of benzene rings is 2. The van der Waals surface area contributed by atoms with Crippen LogP contribution in [0.1, 0.15) is 24.0 Å². The number of nitrogens with one attached hydrogen (secondary N) is 1. The maximum Gasteiger partial charge on any atom is 0.223 e. The SMILES string of the molecule is O=C(NCCc1ccccc1)C1CCN(Cc2ccc(Cl)c(Cl)c2)CC1. The van der Waals surface area contributed by atoms with Gasteiger partial charge in [0.05, 0.1) is 10.0 Å². The van der Waals surface area contributed by atoms with Gasteiger partial charge in [-0.1, -0.05) is 59.6 Å². The zero-order chi connectivity index (χ0) is 18.4. The van der Waals surface area contributed by atoms with Crippen LogP contribution in [0.15, 0.2) is 48.5 Å². The quantitative estimate of drug-likeness (QED) is 0.783. The van der Waals surface area contributed by atoms with Crippen LogP contribution in [0.2, 0.25) is 10.0 Å². The molecular weight excluding hydrogens is 367 g/mol. The van der Waals surface area contributed by atoms with Gasteiger partial charge in [0.1, 0.15) is 0 Å². The number of carbonyl (C=O) groups is 1. The minimum Gasteiger partial charge on any atom is -0.356 e. The lowest BCUT2D eigenvalue weighted by molar-refractivity contribution is -0.126. The number of likely N-dealkylation sites (tertiary alicyclic amines) is 1. The van der Waals surface area contributed by atoms with Crippen LogP contribution in [-0.2, 0) is 17.8 Å². The van der Waals surface area contributed by atoms with Gasteiger partial charge in [0.15, 0.2) is 0 Å². The van der Waals surface area contributed by atoms with Gasteiger partial charge in [-0.15, -0.1) is 0 Å². The molecule has 0 bridgehead atoms. The largest absolute Gasteiger partial charge is 0.356 e. The summed E-state index contributed by atoms with van der Waals surface area (Å²) in [5.41, 5.74) is 2.41. The number of halogens is 2. The second kappa shape index (κ2) is 9.40. The molecule has 0 atom stereocenters. The van der Waals surface area contributed by atoms with Crippen LogP contribution in [-0.4, -0.2) is 30.4 Å². The minimum absolute atomic E-state index is 0.121. The van der Waals surface area contributed by atoms with Crippen LogP contribution in [0, 0.1) is 5.92 Å². The van der Waals surface area contributed by atoms with E-state index in [2.05, 4.69) is 22.3 Å². The lowest BCUT2D eigenvalue weighted by Gasteiger charge is -2.31. The van der Waals surface area contributed by atoms with Gasteiger partial charge < -0.3 is 5.32 Å². The Bertz CT molecular complexity index is 728. The molecule has 1 heterocycles. The van der Waals surface area contributed by atoms with Crippen molar-refractivity contribution >= 4 is 29.1 Å². The van der Waals surface area contributed by atoms with Gasteiger partial charge in [-0.05, 0) is 55.6 Å². The molecule has 1 aliphatic rings. The molecule has 2 aromatic rings. The molecule has 138 valence electrons. The van der Waals surface area contributed by atoms with Gasteiger partial charge in [-0.3, -0.25) is 9.69 Å². The molecule has 0 aliphatic carbocycles. The predicted octanol–water partition coefficient (Wildman–Crippen LogP) is 4.56. The van der Waals surface area contributed by atoms with Crippen molar-refractivity contribution in [2.24, 2.45) is 5.92 Å². The Kier molecular flexibility index (Phi) is 6.95. The highest BCUT2D eigenvalue weighted by Crippen LogP contribution is 2.25. The van der Waals surface area contributed by atoms with Crippen molar-refractivity contribution in [3.8, 4) is 0 Å². The van der Waals surface area contributed by atoms with Crippen molar-refractivity contribution in [1.29, 1.82) is 0 Å². The lowest BCUT2D eigenvalue weighted by atomic mass is 9.95. The summed E-state index contributed by atoms with van der Waals surface area (Å²) in [6.07, 6.45) is 2.68. The van der Waals surface area contributed by atoms with Crippen molar-refractivity contribution in [2.75, 3.05) is 19.6 Å². The highest BCUT2D eigenvalue weighted by Gasteiger charge is 2.24. The molecule has 5 heteroatoms. The Hall–Kier alpha value is -1.55. The molecule has 1 saturated heterocycles. The molecule has 0 spiro atoms. The van der Waals surface area contributed by atoms with Crippen molar-refractivity contribution in [3.05, 3.63) is 69.7 Å². The zero-order valence-corrected chi connectivity index (χ0v) is 16.3. The molecular formula is C21H24Cl2N2O. The number of piperidine rings is 1. The average molecular weight is 391 g/mol. The first-order valence-electron chi connectivity index (χ1n) is 9.10. The van der Waals surface area contributed by atoms with E-state index >= 15 is 0 Å². The summed E-state index contributed by atoms with van der Waals surface area (Å²) in [4.78, 5) is 14.7. The number of rotatable bonds is 6. The van der Waals surface area contributed by atoms with E-state index in [9.17, 15) is 4.79 Å². The lowest BCUT2D eigenvalue weighted by Crippen LogP contribution is -2.40. The maximum atomic E-state index is 12.4. The Morgan fingerprint density at radius 2 is 1.73 bits per heavy atom. The Morgan fingerprint density at radius 3 is 2.42 bits per heavy atom. The van der Waals surface area contributed by atoms with Crippen LogP contribution in [0.25, 0.3) is 0 Å². The van der Waals surface area contributed by atoms with E-state index in [0.717, 1.165) is 44.5 Å². The van der Waals surface area contributed by atoms with Gasteiger partial charge in [0.2, 0.25) is 5.91 Å². The van der Waals surface area contributed by atoms with Gasteiger partial charge in [-0.2, -0.15) is 0 Å². The molecule has 0 unspecified atom stereocenters. The highest BCUT2D eigenvalue weighted by atomic mass is 35.5. The first-order chi connectivity index (χ1) is 12.6. The van der Waals surface area contributed by atoms with Crippen LogP contribution in [0.3, 0.4) is 0 Å². The summed E-state index contributed by atoms with van der Waals surface area (Å²) >= 11 is 12.1. The molecule has 1 N–H and O–H groups in total. The van der Waals surface area contributed by atoms with Crippen LogP contribution in [0.4, 0.5) is 0 Å². The third-order valence-corrected chi connectivity index (χ3v) is 5.64. The first kappa shape index (κ1) is 19.2. The van der Waals surface area contributed by atoms with Gasteiger partial charge >= 0.3 is 0 Å². The van der Waals surface area contributed by atoms with Crippen LogP contribution >= 0.6 is 23.2 Å². The molecule has 0 aromatic heterocycles. The normalized spacial score (nSPS) is 15.8. The minimum atomic E-state index is 0.121. The fourth-order valence-corrected chi connectivity index (χ4v) is 3.69. The second-order valence-corrected chi connectivity index (χ2v) is 7.64.